The second-order valence-corrected chi connectivity index (χ2v) is 6.21. The molecule has 30 heavy (non-hydrogen) atoms. The molecule has 1 saturated heterocycles. The molecule has 0 bridgehead atoms. The van der Waals surface area contributed by atoms with Crippen LogP contribution in [0.5, 0.6) is 17.2 Å². The summed E-state index contributed by atoms with van der Waals surface area (Å²) in [6.07, 6.45) is 2.98. The van der Waals surface area contributed by atoms with E-state index in [1.165, 1.54) is 30.3 Å². The van der Waals surface area contributed by atoms with Crippen molar-refractivity contribution < 1.29 is 29.0 Å². The van der Waals surface area contributed by atoms with Gasteiger partial charge in [-0.3, -0.25) is 14.9 Å². The number of hydrogen-bond donors (Lipinski definition) is 2. The molecule has 1 heterocycles. The first-order valence-electron chi connectivity index (χ1n) is 9.15. The van der Waals surface area contributed by atoms with Crippen molar-refractivity contribution in [2.75, 3.05) is 18.1 Å². The van der Waals surface area contributed by atoms with E-state index in [-0.39, 0.29) is 17.0 Å². The van der Waals surface area contributed by atoms with Gasteiger partial charge in [-0.2, -0.15) is 0 Å². The van der Waals surface area contributed by atoms with Crippen molar-refractivity contribution in [3.8, 4) is 17.2 Å². The average molecular weight is 408 g/mol. The van der Waals surface area contributed by atoms with E-state index in [1.807, 2.05) is 6.92 Å². The Labute approximate surface area is 173 Å². The highest BCUT2D eigenvalue weighted by Crippen LogP contribution is 2.30. The van der Waals surface area contributed by atoms with Crippen LogP contribution in [0.2, 0.25) is 0 Å². The fourth-order valence-corrected chi connectivity index (χ4v) is 2.81. The number of nitrogens with one attached hydrogen (secondary N) is 1. The number of barbiturate groups is 1. The summed E-state index contributed by atoms with van der Waals surface area (Å²) in [5, 5.41) is 11.6. The van der Waals surface area contributed by atoms with Gasteiger partial charge in [0.2, 0.25) is 0 Å². The van der Waals surface area contributed by atoms with Crippen LogP contribution < -0.4 is 19.7 Å². The molecular formula is C22H20N2O6. The van der Waals surface area contributed by atoms with E-state index in [0.29, 0.717) is 30.3 Å². The number of urea groups is 1. The molecule has 154 valence electrons. The lowest BCUT2D eigenvalue weighted by atomic mass is 10.1. The van der Waals surface area contributed by atoms with Gasteiger partial charge >= 0.3 is 6.03 Å². The summed E-state index contributed by atoms with van der Waals surface area (Å²) in [5.74, 6) is -0.648. The van der Waals surface area contributed by atoms with Crippen LogP contribution in [0.1, 0.15) is 12.5 Å². The number of carbonyl (C=O) groups excluding carboxylic acids is 3. The predicted octanol–water partition coefficient (Wildman–Crippen LogP) is 3.02. The van der Waals surface area contributed by atoms with Crippen LogP contribution in [0.25, 0.3) is 6.08 Å². The van der Waals surface area contributed by atoms with Gasteiger partial charge in [0.1, 0.15) is 17.9 Å². The molecular weight excluding hydrogens is 388 g/mol. The molecule has 0 saturated carbocycles. The van der Waals surface area contributed by atoms with Gasteiger partial charge in [-0.25, -0.2) is 9.69 Å². The minimum absolute atomic E-state index is 0.0160. The molecule has 8 nitrogen and oxygen atoms in total. The molecule has 1 fully saturated rings. The largest absolute Gasteiger partial charge is 0.508 e. The molecule has 2 N–H and O–H groups in total. The zero-order valence-corrected chi connectivity index (χ0v) is 16.3. The molecule has 0 atom stereocenters. The van der Waals surface area contributed by atoms with E-state index < -0.39 is 17.8 Å². The van der Waals surface area contributed by atoms with Gasteiger partial charge in [0.25, 0.3) is 11.8 Å². The highest BCUT2D eigenvalue weighted by Gasteiger charge is 2.36. The first-order valence-corrected chi connectivity index (χ1v) is 9.15. The maximum atomic E-state index is 12.9. The number of nitrogens with zero attached hydrogens (tertiary/aromatic N) is 1. The summed E-state index contributed by atoms with van der Waals surface area (Å²) in [5.41, 5.74) is 0.518. The standard InChI is InChI=1S/C22H20N2O6/c1-3-11-30-18-10-5-14(13-19(18)29-4-2)12-17-20(26)23-22(28)24(21(17)27)15-6-8-16(25)9-7-15/h3,5-10,12-13,25H,1,4,11H2,2H3,(H,23,26,28)/b17-12+. The topological polar surface area (TPSA) is 105 Å². The van der Waals surface area contributed by atoms with Crippen LogP contribution in [-0.2, 0) is 9.59 Å². The van der Waals surface area contributed by atoms with E-state index in [1.54, 1.807) is 24.3 Å². The quantitative estimate of drug-likeness (QED) is 0.415. The van der Waals surface area contributed by atoms with Crippen molar-refractivity contribution in [2.45, 2.75) is 6.92 Å². The van der Waals surface area contributed by atoms with Crippen molar-refractivity contribution in [3.05, 3.63) is 66.3 Å². The summed E-state index contributed by atoms with van der Waals surface area (Å²) < 4.78 is 11.1. The summed E-state index contributed by atoms with van der Waals surface area (Å²) >= 11 is 0. The van der Waals surface area contributed by atoms with Crippen LogP contribution in [0.3, 0.4) is 0 Å². The maximum absolute atomic E-state index is 12.9. The van der Waals surface area contributed by atoms with E-state index >= 15 is 0 Å². The number of carbonyl (C=O) groups is 3. The van der Waals surface area contributed by atoms with Crippen molar-refractivity contribution in [1.82, 2.24) is 5.32 Å². The predicted molar refractivity (Wildman–Crippen MR) is 110 cm³/mol. The van der Waals surface area contributed by atoms with Gasteiger partial charge in [0.15, 0.2) is 11.5 Å². The highest BCUT2D eigenvalue weighted by atomic mass is 16.5. The Morgan fingerprint density at radius 3 is 2.47 bits per heavy atom. The minimum Gasteiger partial charge on any atom is -0.508 e. The lowest BCUT2D eigenvalue weighted by Crippen LogP contribution is -2.54. The molecule has 0 aromatic heterocycles. The molecule has 0 unspecified atom stereocenters. The molecule has 0 aliphatic carbocycles. The highest BCUT2D eigenvalue weighted by molar-refractivity contribution is 6.39. The number of benzene rings is 2. The molecule has 0 spiro atoms. The fraction of sp³-hybridized carbons (Fsp3) is 0.136. The van der Waals surface area contributed by atoms with Crippen molar-refractivity contribution >= 4 is 29.6 Å². The Hall–Kier alpha value is -4.07. The van der Waals surface area contributed by atoms with Gasteiger partial charge in [-0.1, -0.05) is 18.7 Å². The lowest BCUT2D eigenvalue weighted by Gasteiger charge is -2.26. The molecule has 3 rings (SSSR count). The number of imide groups is 2. The number of hydrogen-bond acceptors (Lipinski definition) is 6. The second kappa shape index (κ2) is 8.95. The Bertz CT molecular complexity index is 1030. The number of phenolic OH excluding ortho intramolecular Hbond substituents is 1. The third kappa shape index (κ3) is 4.33. The Balaban J connectivity index is 1.96. The Morgan fingerprint density at radius 2 is 1.80 bits per heavy atom. The Kier molecular flexibility index (Phi) is 6.17. The number of ether oxygens (including phenoxy) is 2. The number of anilines is 1. The first kappa shape index (κ1) is 20.7. The third-order valence-corrected chi connectivity index (χ3v) is 4.14. The number of amides is 4. The van der Waals surface area contributed by atoms with E-state index in [4.69, 9.17) is 9.47 Å². The maximum Gasteiger partial charge on any atom is 0.335 e. The van der Waals surface area contributed by atoms with Crippen molar-refractivity contribution in [2.24, 2.45) is 0 Å². The van der Waals surface area contributed by atoms with E-state index in [9.17, 15) is 19.5 Å². The molecule has 2 aromatic carbocycles. The van der Waals surface area contributed by atoms with Gasteiger partial charge in [0.05, 0.1) is 12.3 Å². The molecule has 8 heteroatoms. The van der Waals surface area contributed by atoms with Crippen LogP contribution >= 0.6 is 0 Å². The number of phenols is 1. The van der Waals surface area contributed by atoms with Crippen molar-refractivity contribution in [1.29, 1.82) is 0 Å². The second-order valence-electron chi connectivity index (χ2n) is 6.21. The van der Waals surface area contributed by atoms with Crippen LogP contribution in [0, 0.1) is 0 Å². The zero-order chi connectivity index (χ0) is 21.7. The van der Waals surface area contributed by atoms with Crippen LogP contribution in [-0.4, -0.2) is 36.2 Å². The third-order valence-electron chi connectivity index (χ3n) is 4.14. The first-order chi connectivity index (χ1) is 14.4. The summed E-state index contributed by atoms with van der Waals surface area (Å²) in [7, 11) is 0. The van der Waals surface area contributed by atoms with Gasteiger partial charge in [0, 0.05) is 0 Å². The summed E-state index contributed by atoms with van der Waals surface area (Å²) in [6.45, 7) is 6.12. The molecule has 0 radical (unpaired) electrons. The van der Waals surface area contributed by atoms with Crippen molar-refractivity contribution in [3.63, 3.8) is 0 Å². The van der Waals surface area contributed by atoms with Crippen LogP contribution in [0.15, 0.2) is 60.7 Å². The Morgan fingerprint density at radius 1 is 1.07 bits per heavy atom. The SMILES string of the molecule is C=CCOc1ccc(/C=C2\C(=O)NC(=O)N(c3ccc(O)cc3)C2=O)cc1OCC. The van der Waals surface area contributed by atoms with Gasteiger partial charge in [-0.05, 0) is 55.0 Å². The molecule has 2 aromatic rings. The summed E-state index contributed by atoms with van der Waals surface area (Å²) in [4.78, 5) is 38.3. The van der Waals surface area contributed by atoms with E-state index in [2.05, 4.69) is 11.9 Å². The molecule has 1 aliphatic heterocycles. The van der Waals surface area contributed by atoms with Crippen LogP contribution in [0.4, 0.5) is 10.5 Å². The van der Waals surface area contributed by atoms with Gasteiger partial charge in [-0.15, -0.1) is 0 Å². The zero-order valence-electron chi connectivity index (χ0n) is 16.3. The molecule has 1 aliphatic rings. The van der Waals surface area contributed by atoms with Gasteiger partial charge < -0.3 is 14.6 Å². The van der Waals surface area contributed by atoms with E-state index in [0.717, 1.165) is 4.90 Å². The lowest BCUT2D eigenvalue weighted by molar-refractivity contribution is -0.122. The normalized spacial score (nSPS) is 15.2. The fourth-order valence-electron chi connectivity index (χ4n) is 2.81. The average Bonchev–Trinajstić information content (AvgIpc) is 2.72. The smallest absolute Gasteiger partial charge is 0.335 e. The molecule has 4 amide bonds. The monoisotopic (exact) mass is 408 g/mol. The minimum atomic E-state index is -0.865. The summed E-state index contributed by atoms with van der Waals surface area (Å²) in [6, 6.07) is 9.58. The number of aromatic hydroxyl groups is 1. The number of rotatable bonds is 7.